The van der Waals surface area contributed by atoms with Gasteiger partial charge in [0.25, 0.3) is 0 Å². The molecule has 1 aliphatic heterocycles. The van der Waals surface area contributed by atoms with Crippen molar-refractivity contribution in [2.45, 2.75) is 32.0 Å². The molecule has 3 N–H and O–H groups in total. The minimum atomic E-state index is -0.625. The number of hydrogen-bond acceptors (Lipinski definition) is 4. The minimum absolute atomic E-state index is 0.0414. The number of quaternary nitrogens is 1. The van der Waals surface area contributed by atoms with Gasteiger partial charge in [-0.3, -0.25) is 4.79 Å². The average molecular weight is 442 g/mol. The van der Waals surface area contributed by atoms with Gasteiger partial charge in [-0.05, 0) is 43.7 Å². The van der Waals surface area contributed by atoms with Crippen molar-refractivity contribution in [1.82, 2.24) is 4.98 Å². The lowest BCUT2D eigenvalue weighted by Gasteiger charge is -2.26. The molecular formula is C27H27N3O3. The topological polar surface area (TPSA) is 81.6 Å². The van der Waals surface area contributed by atoms with Crippen molar-refractivity contribution < 1.29 is 14.6 Å². The van der Waals surface area contributed by atoms with Crippen molar-refractivity contribution in [2.24, 2.45) is 0 Å². The number of anilines is 1. The molecule has 2 heterocycles. The van der Waals surface area contributed by atoms with E-state index in [1.165, 1.54) is 0 Å². The van der Waals surface area contributed by atoms with Crippen LogP contribution in [0.3, 0.4) is 0 Å². The van der Waals surface area contributed by atoms with Gasteiger partial charge in [0.15, 0.2) is 5.78 Å². The number of Topliss-reactive ketones (excluding diaryl/α,β-unsaturated/α-hetero) is 1. The fraction of sp³-hybridized carbons (Fsp3) is 0.222. The molecule has 33 heavy (non-hydrogen) atoms. The highest BCUT2D eigenvalue weighted by Gasteiger charge is 2.34. The van der Waals surface area contributed by atoms with E-state index in [1.807, 2.05) is 80.6 Å². The molecule has 1 aliphatic rings. The molecule has 168 valence electrons. The van der Waals surface area contributed by atoms with Gasteiger partial charge >= 0.3 is 0 Å². The second kappa shape index (κ2) is 8.39. The average Bonchev–Trinajstić information content (AvgIpc) is 3.37. The monoisotopic (exact) mass is 441 g/mol. The minimum Gasteiger partial charge on any atom is -0.633 e. The Hall–Kier alpha value is -3.61. The van der Waals surface area contributed by atoms with E-state index in [-0.39, 0.29) is 22.9 Å². The fourth-order valence-corrected chi connectivity index (χ4v) is 4.83. The van der Waals surface area contributed by atoms with Crippen molar-refractivity contribution in [1.29, 1.82) is 0 Å². The molecule has 4 atom stereocenters. The summed E-state index contributed by atoms with van der Waals surface area (Å²) >= 11 is 0. The van der Waals surface area contributed by atoms with Crippen molar-refractivity contribution in [2.75, 3.05) is 12.4 Å². The summed E-state index contributed by atoms with van der Waals surface area (Å²) in [6.45, 7) is 3.90. The number of carbonyl (C=O) groups is 1. The summed E-state index contributed by atoms with van der Waals surface area (Å²) in [7, 11) is 1.62. The standard InChI is InChI=1S/C27H27N3O3/c1-16-21-12-11-18(13-23(21)17(2)30(16)32)26(29-19-7-6-8-20(14-19)33-3)27(31)24-15-28-25-10-5-4-9-22(24)25/h4-17,26,28-30H,1-3H3. The SMILES string of the molecule is COc1cccc(NC(C(=O)c2c[nH]c3ccccc23)c2ccc3c(c2)C(C)[NH+]([O-])C3C)c1. The summed E-state index contributed by atoms with van der Waals surface area (Å²) in [4.78, 5) is 17.1. The van der Waals surface area contributed by atoms with Crippen molar-refractivity contribution in [3.8, 4) is 5.75 Å². The second-order valence-electron chi connectivity index (χ2n) is 8.66. The molecule has 0 fully saturated rings. The highest BCUT2D eigenvalue weighted by Crippen LogP contribution is 2.34. The molecule has 6 heteroatoms. The second-order valence-corrected chi connectivity index (χ2v) is 8.66. The first-order chi connectivity index (χ1) is 16.0. The molecule has 0 aliphatic carbocycles. The van der Waals surface area contributed by atoms with E-state index < -0.39 is 6.04 Å². The molecule has 6 nitrogen and oxygen atoms in total. The Morgan fingerprint density at radius 3 is 2.64 bits per heavy atom. The molecular weight excluding hydrogens is 414 g/mol. The van der Waals surface area contributed by atoms with Gasteiger partial charge in [-0.1, -0.05) is 36.4 Å². The number of ketones is 1. The van der Waals surface area contributed by atoms with E-state index in [9.17, 15) is 10.0 Å². The first-order valence-corrected chi connectivity index (χ1v) is 11.2. The van der Waals surface area contributed by atoms with Crippen LogP contribution in [0.4, 0.5) is 5.69 Å². The zero-order valence-electron chi connectivity index (χ0n) is 18.9. The molecule has 4 unspecified atom stereocenters. The van der Waals surface area contributed by atoms with E-state index in [1.54, 1.807) is 13.3 Å². The molecule has 3 aromatic carbocycles. The summed E-state index contributed by atoms with van der Waals surface area (Å²) < 4.78 is 5.36. The Morgan fingerprint density at radius 2 is 1.82 bits per heavy atom. The molecule has 0 saturated heterocycles. The number of nitrogens with one attached hydrogen (secondary N) is 3. The maximum Gasteiger partial charge on any atom is 0.191 e. The molecule has 0 bridgehead atoms. The number of para-hydroxylation sites is 1. The maximum absolute atomic E-state index is 13.9. The summed E-state index contributed by atoms with van der Waals surface area (Å²) in [5.41, 5.74) is 5.23. The Bertz CT molecular complexity index is 1330. The van der Waals surface area contributed by atoms with E-state index >= 15 is 0 Å². The van der Waals surface area contributed by atoms with Crippen LogP contribution < -0.4 is 15.1 Å². The zero-order valence-corrected chi connectivity index (χ0v) is 18.9. The van der Waals surface area contributed by atoms with Gasteiger partial charge in [0.1, 0.15) is 23.9 Å². The number of H-pyrrole nitrogens is 1. The third kappa shape index (κ3) is 3.67. The summed E-state index contributed by atoms with van der Waals surface area (Å²) in [6, 6.07) is 20.4. The lowest BCUT2D eigenvalue weighted by Crippen LogP contribution is -3.05. The zero-order chi connectivity index (χ0) is 23.1. The number of carbonyl (C=O) groups excluding carboxylic acids is 1. The first-order valence-electron chi connectivity index (χ1n) is 11.2. The van der Waals surface area contributed by atoms with Crippen LogP contribution in [0.25, 0.3) is 10.9 Å². The Kier molecular flexibility index (Phi) is 5.40. The predicted octanol–water partition coefficient (Wildman–Crippen LogP) is 4.73. The third-order valence-corrected chi connectivity index (χ3v) is 6.73. The fourth-order valence-electron chi connectivity index (χ4n) is 4.83. The number of hydroxylamine groups is 2. The van der Waals surface area contributed by atoms with Gasteiger partial charge in [0.2, 0.25) is 0 Å². The van der Waals surface area contributed by atoms with Gasteiger partial charge in [-0.25, -0.2) is 0 Å². The number of fused-ring (bicyclic) bond motifs is 2. The summed E-state index contributed by atoms with van der Waals surface area (Å²) in [5.74, 6) is 0.667. The number of methoxy groups -OCH3 is 1. The van der Waals surface area contributed by atoms with Crippen LogP contribution in [0.15, 0.2) is 72.9 Å². The largest absolute Gasteiger partial charge is 0.633 e. The van der Waals surface area contributed by atoms with Crippen LogP contribution in [-0.4, -0.2) is 17.9 Å². The van der Waals surface area contributed by atoms with Crippen LogP contribution in [-0.2, 0) is 0 Å². The lowest BCUT2D eigenvalue weighted by atomic mass is 9.92. The summed E-state index contributed by atoms with van der Waals surface area (Å²) in [6.07, 6.45) is 1.77. The van der Waals surface area contributed by atoms with Crippen molar-refractivity contribution >= 4 is 22.4 Å². The van der Waals surface area contributed by atoms with Gasteiger partial charge in [-0.15, -0.1) is 0 Å². The van der Waals surface area contributed by atoms with Crippen LogP contribution >= 0.6 is 0 Å². The third-order valence-electron chi connectivity index (χ3n) is 6.73. The van der Waals surface area contributed by atoms with Crippen LogP contribution in [0.2, 0.25) is 0 Å². The number of rotatable bonds is 6. The number of aromatic nitrogens is 1. The van der Waals surface area contributed by atoms with Crippen LogP contribution in [0.5, 0.6) is 5.75 Å². The van der Waals surface area contributed by atoms with Gasteiger partial charge in [0, 0.05) is 45.5 Å². The Morgan fingerprint density at radius 1 is 1.03 bits per heavy atom. The molecule has 0 saturated carbocycles. The highest BCUT2D eigenvalue weighted by atomic mass is 16.5. The van der Waals surface area contributed by atoms with E-state index in [4.69, 9.17) is 4.74 Å². The maximum atomic E-state index is 13.9. The first kappa shape index (κ1) is 21.2. The number of aromatic amines is 1. The van der Waals surface area contributed by atoms with Gasteiger partial charge < -0.3 is 25.3 Å². The normalized spacial score (nSPS) is 20.4. The molecule has 1 aromatic heterocycles. The van der Waals surface area contributed by atoms with Crippen molar-refractivity contribution in [3.05, 3.63) is 100 Å². The molecule has 0 spiro atoms. The smallest absolute Gasteiger partial charge is 0.191 e. The van der Waals surface area contributed by atoms with Gasteiger partial charge in [0.05, 0.1) is 7.11 Å². The Labute approximate surface area is 192 Å². The summed E-state index contributed by atoms with van der Waals surface area (Å²) in [5, 5.41) is 17.1. The van der Waals surface area contributed by atoms with Crippen molar-refractivity contribution in [3.63, 3.8) is 0 Å². The van der Waals surface area contributed by atoms with E-state index in [2.05, 4.69) is 10.3 Å². The molecule has 4 aromatic rings. The number of hydrogen-bond donors (Lipinski definition) is 3. The molecule has 5 rings (SSSR count). The van der Waals surface area contributed by atoms with Crippen LogP contribution in [0.1, 0.15) is 59.0 Å². The van der Waals surface area contributed by atoms with E-state index in [0.29, 0.717) is 11.3 Å². The Balaban J connectivity index is 1.59. The number of ether oxygens (including phenoxy) is 1. The molecule has 0 radical (unpaired) electrons. The molecule has 0 amide bonds. The van der Waals surface area contributed by atoms with Crippen LogP contribution in [0, 0.1) is 5.21 Å². The highest BCUT2D eigenvalue weighted by molar-refractivity contribution is 6.11. The van der Waals surface area contributed by atoms with E-state index in [0.717, 1.165) is 33.3 Å². The number of benzene rings is 3. The lowest BCUT2D eigenvalue weighted by molar-refractivity contribution is -0.902. The van der Waals surface area contributed by atoms with Gasteiger partial charge in [-0.2, -0.15) is 0 Å². The quantitative estimate of drug-likeness (QED) is 0.298. The predicted molar refractivity (Wildman–Crippen MR) is 130 cm³/mol.